The summed E-state index contributed by atoms with van der Waals surface area (Å²) in [5.41, 5.74) is 3.23. The van der Waals surface area contributed by atoms with Gasteiger partial charge in [-0.05, 0) is 43.3 Å². The van der Waals surface area contributed by atoms with E-state index >= 15 is 0 Å². The molecule has 2 aromatic carbocycles. The number of aromatic nitrogens is 1. The Bertz CT molecular complexity index is 826. The molecule has 0 saturated heterocycles. The molecular formula is C18H16N2O3S. The second-order valence-electron chi connectivity index (χ2n) is 5.26. The van der Waals surface area contributed by atoms with Crippen molar-refractivity contribution in [2.45, 2.75) is 13.5 Å². The number of aromatic hydroxyl groups is 1. The number of aryl methyl sites for hydroxylation is 1. The Kier molecular flexibility index (Phi) is 4.77. The predicted molar refractivity (Wildman–Crippen MR) is 93.8 cm³/mol. The van der Waals surface area contributed by atoms with E-state index in [1.54, 1.807) is 0 Å². The van der Waals surface area contributed by atoms with Gasteiger partial charge < -0.3 is 15.2 Å². The van der Waals surface area contributed by atoms with E-state index in [4.69, 9.17) is 4.74 Å². The molecule has 1 heterocycles. The average Bonchev–Trinajstić information content (AvgIpc) is 3.03. The zero-order chi connectivity index (χ0) is 16.9. The van der Waals surface area contributed by atoms with E-state index in [-0.39, 0.29) is 12.4 Å². The van der Waals surface area contributed by atoms with Gasteiger partial charge in [0.2, 0.25) is 0 Å². The summed E-state index contributed by atoms with van der Waals surface area (Å²) in [5, 5.41) is 15.0. The SMILES string of the molecule is Cc1ccc(Nc2nc(COC(=O)c3ccc(O)cc3)cs2)cc1. The van der Waals surface area contributed by atoms with Crippen molar-refractivity contribution in [3.05, 3.63) is 70.7 Å². The number of nitrogens with zero attached hydrogens (tertiary/aromatic N) is 1. The van der Waals surface area contributed by atoms with Crippen molar-refractivity contribution in [3.8, 4) is 5.75 Å². The molecule has 6 heteroatoms. The molecule has 0 amide bonds. The van der Waals surface area contributed by atoms with Crippen LogP contribution in [0.1, 0.15) is 21.6 Å². The van der Waals surface area contributed by atoms with Gasteiger partial charge in [-0.15, -0.1) is 11.3 Å². The second kappa shape index (κ2) is 7.14. The molecule has 1 aromatic heterocycles. The third-order valence-corrected chi connectivity index (χ3v) is 4.12. The summed E-state index contributed by atoms with van der Waals surface area (Å²) in [6.45, 7) is 2.14. The van der Waals surface area contributed by atoms with Crippen LogP contribution in [0.3, 0.4) is 0 Å². The summed E-state index contributed by atoms with van der Waals surface area (Å²) in [5.74, 6) is -0.339. The van der Waals surface area contributed by atoms with E-state index in [0.717, 1.165) is 10.8 Å². The number of thiazole rings is 1. The highest BCUT2D eigenvalue weighted by atomic mass is 32.1. The number of hydrogen-bond donors (Lipinski definition) is 2. The van der Waals surface area contributed by atoms with Crippen LogP contribution in [0.5, 0.6) is 5.75 Å². The highest BCUT2D eigenvalue weighted by Crippen LogP contribution is 2.22. The van der Waals surface area contributed by atoms with Crippen LogP contribution in [0.15, 0.2) is 53.9 Å². The highest BCUT2D eigenvalue weighted by molar-refractivity contribution is 7.13. The molecule has 0 unspecified atom stereocenters. The number of phenolic OH excluding ortho intramolecular Hbond substituents is 1. The molecule has 3 rings (SSSR count). The number of esters is 1. The van der Waals surface area contributed by atoms with Gasteiger partial charge in [0.15, 0.2) is 5.13 Å². The molecule has 3 aromatic rings. The van der Waals surface area contributed by atoms with Gasteiger partial charge in [0.25, 0.3) is 0 Å². The van der Waals surface area contributed by atoms with Gasteiger partial charge in [-0.25, -0.2) is 9.78 Å². The Hall–Kier alpha value is -2.86. The lowest BCUT2D eigenvalue weighted by molar-refractivity contribution is 0.0468. The molecule has 0 atom stereocenters. The number of ether oxygens (including phenoxy) is 1. The Morgan fingerprint density at radius 2 is 1.88 bits per heavy atom. The van der Waals surface area contributed by atoms with Gasteiger partial charge in [-0.2, -0.15) is 0 Å². The van der Waals surface area contributed by atoms with Crippen molar-refractivity contribution in [3.63, 3.8) is 0 Å². The largest absolute Gasteiger partial charge is 0.508 e. The fraction of sp³-hybridized carbons (Fsp3) is 0.111. The summed E-state index contributed by atoms with van der Waals surface area (Å²) in [6.07, 6.45) is 0. The number of benzene rings is 2. The molecule has 2 N–H and O–H groups in total. The minimum absolute atomic E-state index is 0.103. The van der Waals surface area contributed by atoms with Gasteiger partial charge in [-0.1, -0.05) is 17.7 Å². The Balaban J connectivity index is 1.56. The van der Waals surface area contributed by atoms with Gasteiger partial charge in [0, 0.05) is 11.1 Å². The predicted octanol–water partition coefficient (Wildman–Crippen LogP) is 4.26. The average molecular weight is 340 g/mol. The van der Waals surface area contributed by atoms with E-state index in [0.29, 0.717) is 11.3 Å². The zero-order valence-corrected chi connectivity index (χ0v) is 13.8. The Morgan fingerprint density at radius 1 is 1.17 bits per heavy atom. The molecule has 122 valence electrons. The van der Waals surface area contributed by atoms with Crippen LogP contribution < -0.4 is 5.32 Å². The monoisotopic (exact) mass is 340 g/mol. The van der Waals surface area contributed by atoms with Crippen LogP contribution in [0.2, 0.25) is 0 Å². The third-order valence-electron chi connectivity index (χ3n) is 3.31. The number of hydrogen-bond acceptors (Lipinski definition) is 6. The molecular weight excluding hydrogens is 324 g/mol. The van der Waals surface area contributed by atoms with Gasteiger partial charge in [-0.3, -0.25) is 0 Å². The van der Waals surface area contributed by atoms with Gasteiger partial charge >= 0.3 is 5.97 Å². The van der Waals surface area contributed by atoms with Gasteiger partial charge in [0.1, 0.15) is 12.4 Å². The van der Waals surface area contributed by atoms with Crippen LogP contribution in [0.4, 0.5) is 10.8 Å². The first-order valence-electron chi connectivity index (χ1n) is 7.34. The maximum absolute atomic E-state index is 11.9. The lowest BCUT2D eigenvalue weighted by Gasteiger charge is -2.04. The summed E-state index contributed by atoms with van der Waals surface area (Å²) >= 11 is 1.45. The van der Waals surface area contributed by atoms with Crippen molar-refractivity contribution in [2.24, 2.45) is 0 Å². The van der Waals surface area contributed by atoms with E-state index < -0.39 is 5.97 Å². The Labute approximate surface area is 143 Å². The van der Waals surface area contributed by atoms with Crippen molar-refractivity contribution >= 4 is 28.1 Å². The maximum atomic E-state index is 11.9. The summed E-state index contributed by atoms with van der Waals surface area (Å²) < 4.78 is 5.23. The standard InChI is InChI=1S/C18H16N2O3S/c1-12-2-6-14(7-3-12)19-18-20-15(11-24-18)10-23-17(22)13-4-8-16(21)9-5-13/h2-9,11,21H,10H2,1H3,(H,19,20). The highest BCUT2D eigenvalue weighted by Gasteiger charge is 2.09. The van der Waals surface area contributed by atoms with Crippen LogP contribution in [0, 0.1) is 6.92 Å². The fourth-order valence-corrected chi connectivity index (χ4v) is 2.73. The smallest absolute Gasteiger partial charge is 0.338 e. The van der Waals surface area contributed by atoms with Crippen molar-refractivity contribution in [1.29, 1.82) is 0 Å². The topological polar surface area (TPSA) is 71.5 Å². The number of nitrogens with one attached hydrogen (secondary N) is 1. The first-order valence-corrected chi connectivity index (χ1v) is 8.22. The van der Waals surface area contributed by atoms with Crippen LogP contribution >= 0.6 is 11.3 Å². The molecule has 24 heavy (non-hydrogen) atoms. The number of rotatable bonds is 5. The number of anilines is 2. The molecule has 0 saturated carbocycles. The molecule has 0 aliphatic heterocycles. The number of carbonyl (C=O) groups excluding carboxylic acids is 1. The fourth-order valence-electron chi connectivity index (χ4n) is 2.01. The van der Waals surface area contributed by atoms with Crippen molar-refractivity contribution in [2.75, 3.05) is 5.32 Å². The third kappa shape index (κ3) is 4.11. The van der Waals surface area contributed by atoms with E-state index in [9.17, 15) is 9.90 Å². The van der Waals surface area contributed by atoms with E-state index in [2.05, 4.69) is 10.3 Å². The number of carbonyl (C=O) groups is 1. The van der Waals surface area contributed by atoms with Crippen LogP contribution in [-0.2, 0) is 11.3 Å². The first-order chi connectivity index (χ1) is 11.6. The van der Waals surface area contributed by atoms with E-state index in [1.165, 1.54) is 41.2 Å². The minimum Gasteiger partial charge on any atom is -0.508 e. The maximum Gasteiger partial charge on any atom is 0.338 e. The minimum atomic E-state index is -0.448. The van der Waals surface area contributed by atoms with Gasteiger partial charge in [0.05, 0.1) is 11.3 Å². The van der Waals surface area contributed by atoms with Crippen molar-refractivity contribution in [1.82, 2.24) is 4.98 Å². The Morgan fingerprint density at radius 3 is 2.58 bits per heavy atom. The molecule has 0 radical (unpaired) electrons. The molecule has 5 nitrogen and oxygen atoms in total. The normalized spacial score (nSPS) is 10.4. The van der Waals surface area contributed by atoms with Crippen LogP contribution in [-0.4, -0.2) is 16.1 Å². The molecule has 0 aliphatic rings. The first kappa shape index (κ1) is 16.0. The second-order valence-corrected chi connectivity index (χ2v) is 6.12. The lowest BCUT2D eigenvalue weighted by Crippen LogP contribution is -2.05. The van der Waals surface area contributed by atoms with Crippen LogP contribution in [0.25, 0.3) is 0 Å². The molecule has 0 spiro atoms. The molecule has 0 fully saturated rings. The van der Waals surface area contributed by atoms with E-state index in [1.807, 2.05) is 36.6 Å². The summed E-state index contributed by atoms with van der Waals surface area (Å²) in [4.78, 5) is 16.3. The summed E-state index contributed by atoms with van der Waals surface area (Å²) in [6, 6.07) is 14.0. The zero-order valence-electron chi connectivity index (χ0n) is 13.0. The molecule has 0 bridgehead atoms. The molecule has 0 aliphatic carbocycles. The lowest BCUT2D eigenvalue weighted by atomic mass is 10.2. The summed E-state index contributed by atoms with van der Waals surface area (Å²) in [7, 11) is 0. The quantitative estimate of drug-likeness (QED) is 0.679. The number of phenols is 1. The van der Waals surface area contributed by atoms with Crippen molar-refractivity contribution < 1.29 is 14.6 Å².